The number of carbonyl (C=O) groups excluding carboxylic acids is 2. The van der Waals surface area contributed by atoms with E-state index in [0.717, 1.165) is 21.6 Å². The van der Waals surface area contributed by atoms with Gasteiger partial charge in [-0.3, -0.25) is 4.79 Å². The number of nitrogens with one attached hydrogen (secondary N) is 1. The fraction of sp³-hybridized carbons (Fsp3) is 0.238. The van der Waals surface area contributed by atoms with Gasteiger partial charge in [-0.1, -0.05) is 24.3 Å². The first-order valence-electron chi connectivity index (χ1n) is 8.68. The quantitative estimate of drug-likeness (QED) is 0.561. The highest BCUT2D eigenvalue weighted by Gasteiger charge is 2.23. The average molecular weight is 400 g/mol. The van der Waals surface area contributed by atoms with E-state index < -0.39 is 5.97 Å². The third kappa shape index (κ3) is 4.46. The first-order valence-corrected chi connectivity index (χ1v) is 10.4. The van der Waals surface area contributed by atoms with Crippen LogP contribution in [0.25, 0.3) is 11.1 Å². The van der Waals surface area contributed by atoms with E-state index in [1.165, 1.54) is 28.2 Å². The lowest BCUT2D eigenvalue weighted by atomic mass is 9.99. The molecule has 2 heterocycles. The molecule has 140 valence electrons. The zero-order chi connectivity index (χ0) is 19.4. The summed E-state index contributed by atoms with van der Waals surface area (Å²) in [5.41, 5.74) is 4.49. The van der Waals surface area contributed by atoms with E-state index in [1.54, 1.807) is 6.92 Å². The topological polar surface area (TPSA) is 55.4 Å². The molecule has 0 aliphatic carbocycles. The smallest absolute Gasteiger partial charge is 0.341 e. The largest absolute Gasteiger partial charge is 0.462 e. The summed E-state index contributed by atoms with van der Waals surface area (Å²) in [6.07, 6.45) is 0.288. The van der Waals surface area contributed by atoms with E-state index in [0.29, 0.717) is 10.6 Å². The highest BCUT2D eigenvalue weighted by molar-refractivity contribution is 7.15. The van der Waals surface area contributed by atoms with E-state index in [9.17, 15) is 9.59 Å². The predicted octanol–water partition coefficient (Wildman–Crippen LogP) is 5.45. The van der Waals surface area contributed by atoms with Gasteiger partial charge in [-0.25, -0.2) is 4.79 Å². The third-order valence-electron chi connectivity index (χ3n) is 4.26. The number of aryl methyl sites for hydroxylation is 2. The Morgan fingerprint density at radius 3 is 2.59 bits per heavy atom. The molecule has 27 heavy (non-hydrogen) atoms. The summed E-state index contributed by atoms with van der Waals surface area (Å²) in [6, 6.07) is 9.92. The molecule has 0 aliphatic heterocycles. The van der Waals surface area contributed by atoms with Crippen LogP contribution in [0.5, 0.6) is 0 Å². The lowest BCUT2D eigenvalue weighted by Crippen LogP contribution is -2.16. The van der Waals surface area contributed by atoms with Gasteiger partial charge in [0.2, 0.25) is 5.91 Å². The fourth-order valence-corrected chi connectivity index (χ4v) is 4.40. The molecule has 0 atom stereocenters. The number of carbonyl (C=O) groups is 2. The van der Waals surface area contributed by atoms with Crippen molar-refractivity contribution >= 4 is 39.6 Å². The Bertz CT molecular complexity index is 958. The second-order valence-electron chi connectivity index (χ2n) is 6.18. The van der Waals surface area contributed by atoms with Crippen molar-refractivity contribution in [3.63, 3.8) is 0 Å². The molecular weight excluding hydrogens is 378 g/mol. The van der Waals surface area contributed by atoms with Crippen LogP contribution in [-0.2, 0) is 16.0 Å². The van der Waals surface area contributed by atoms with Crippen LogP contribution in [0.2, 0.25) is 0 Å². The molecule has 0 unspecified atom stereocenters. The molecule has 0 radical (unpaired) electrons. The number of amides is 1. The molecule has 0 saturated carbocycles. The van der Waals surface area contributed by atoms with Gasteiger partial charge in [0, 0.05) is 15.8 Å². The Morgan fingerprint density at radius 2 is 1.93 bits per heavy atom. The molecule has 0 fully saturated rings. The summed E-state index contributed by atoms with van der Waals surface area (Å²) in [4.78, 5) is 26.0. The van der Waals surface area contributed by atoms with E-state index in [2.05, 4.69) is 18.3 Å². The van der Waals surface area contributed by atoms with Crippen LogP contribution in [0.15, 0.2) is 41.1 Å². The van der Waals surface area contributed by atoms with E-state index in [4.69, 9.17) is 4.74 Å². The van der Waals surface area contributed by atoms with Gasteiger partial charge in [-0.15, -0.1) is 22.7 Å². The minimum absolute atomic E-state index is 0.142. The van der Waals surface area contributed by atoms with Gasteiger partial charge in [0.1, 0.15) is 10.6 Å². The Hall–Kier alpha value is -2.44. The van der Waals surface area contributed by atoms with Crippen LogP contribution < -0.4 is 5.32 Å². The normalized spacial score (nSPS) is 10.6. The maximum absolute atomic E-state index is 12.6. The van der Waals surface area contributed by atoms with Crippen molar-refractivity contribution in [2.24, 2.45) is 0 Å². The van der Waals surface area contributed by atoms with Crippen molar-refractivity contribution in [3.05, 3.63) is 62.7 Å². The molecule has 0 bridgehead atoms. The number of thiophene rings is 2. The first kappa shape index (κ1) is 19.3. The number of benzene rings is 1. The zero-order valence-corrected chi connectivity index (χ0v) is 17.1. The Balaban J connectivity index is 1.93. The molecule has 0 spiro atoms. The molecule has 1 amide bonds. The van der Waals surface area contributed by atoms with Gasteiger partial charge in [0.05, 0.1) is 13.0 Å². The van der Waals surface area contributed by atoms with Gasteiger partial charge in [-0.05, 0) is 48.9 Å². The molecular formula is C21H21NO3S2. The average Bonchev–Trinajstić information content (AvgIpc) is 3.27. The molecule has 0 saturated heterocycles. The van der Waals surface area contributed by atoms with Gasteiger partial charge in [-0.2, -0.15) is 0 Å². The van der Waals surface area contributed by atoms with Gasteiger partial charge >= 0.3 is 5.97 Å². The van der Waals surface area contributed by atoms with Crippen molar-refractivity contribution in [2.45, 2.75) is 27.2 Å². The Morgan fingerprint density at radius 1 is 1.11 bits per heavy atom. The van der Waals surface area contributed by atoms with Crippen LogP contribution in [0, 0.1) is 13.8 Å². The van der Waals surface area contributed by atoms with Crippen molar-refractivity contribution < 1.29 is 14.3 Å². The van der Waals surface area contributed by atoms with Crippen molar-refractivity contribution in [1.82, 2.24) is 0 Å². The number of hydrogen-bond acceptors (Lipinski definition) is 5. The lowest BCUT2D eigenvalue weighted by Gasteiger charge is -2.10. The van der Waals surface area contributed by atoms with Gasteiger partial charge < -0.3 is 10.1 Å². The first-order chi connectivity index (χ1) is 13.0. The summed E-state index contributed by atoms with van der Waals surface area (Å²) in [7, 11) is 0. The maximum atomic E-state index is 12.6. The van der Waals surface area contributed by atoms with Crippen LogP contribution in [0.3, 0.4) is 0 Å². The Labute approximate surface area is 166 Å². The van der Waals surface area contributed by atoms with Crippen molar-refractivity contribution in [1.29, 1.82) is 0 Å². The van der Waals surface area contributed by atoms with Gasteiger partial charge in [0.25, 0.3) is 0 Å². The molecule has 4 nitrogen and oxygen atoms in total. The second-order valence-corrected chi connectivity index (χ2v) is 8.09. The SMILES string of the molecule is CCOC(=O)c1c(-c2ccc(C)c(C)c2)csc1NC(=O)Cc1cccs1. The summed E-state index contributed by atoms with van der Waals surface area (Å²) in [5.74, 6) is -0.560. The molecule has 3 rings (SSSR count). The van der Waals surface area contributed by atoms with Crippen LogP contribution >= 0.6 is 22.7 Å². The number of esters is 1. The summed E-state index contributed by atoms with van der Waals surface area (Å²) in [5, 5.41) is 7.26. The summed E-state index contributed by atoms with van der Waals surface area (Å²) < 4.78 is 5.25. The fourth-order valence-electron chi connectivity index (χ4n) is 2.72. The second kappa shape index (κ2) is 8.50. The van der Waals surface area contributed by atoms with Crippen LogP contribution in [0.1, 0.15) is 33.3 Å². The summed E-state index contributed by atoms with van der Waals surface area (Å²) >= 11 is 2.88. The van der Waals surface area contributed by atoms with Crippen molar-refractivity contribution in [2.75, 3.05) is 11.9 Å². The van der Waals surface area contributed by atoms with Crippen molar-refractivity contribution in [3.8, 4) is 11.1 Å². The number of rotatable bonds is 6. The number of anilines is 1. The summed E-state index contributed by atoms with van der Waals surface area (Å²) in [6.45, 7) is 6.15. The molecule has 1 aromatic carbocycles. The minimum atomic E-state index is -0.418. The Kier molecular flexibility index (Phi) is 6.08. The maximum Gasteiger partial charge on any atom is 0.341 e. The monoisotopic (exact) mass is 399 g/mol. The highest BCUT2D eigenvalue weighted by Crippen LogP contribution is 2.37. The highest BCUT2D eigenvalue weighted by atomic mass is 32.1. The lowest BCUT2D eigenvalue weighted by molar-refractivity contribution is -0.115. The van der Waals surface area contributed by atoms with E-state index >= 15 is 0 Å². The van der Waals surface area contributed by atoms with Crippen LogP contribution in [-0.4, -0.2) is 18.5 Å². The van der Waals surface area contributed by atoms with Crippen LogP contribution in [0.4, 0.5) is 5.00 Å². The number of hydrogen-bond donors (Lipinski definition) is 1. The molecule has 2 aromatic heterocycles. The van der Waals surface area contributed by atoms with E-state index in [1.807, 2.05) is 41.9 Å². The number of ether oxygens (including phenoxy) is 1. The molecule has 0 aliphatic rings. The molecule has 6 heteroatoms. The standard InChI is InChI=1S/C21H21NO3S2/c1-4-25-21(24)19-17(15-8-7-13(2)14(3)10-15)12-27-20(19)22-18(23)11-16-6-5-9-26-16/h5-10,12H,4,11H2,1-3H3,(H,22,23). The van der Waals surface area contributed by atoms with E-state index in [-0.39, 0.29) is 18.9 Å². The third-order valence-corrected chi connectivity index (χ3v) is 6.03. The predicted molar refractivity (Wildman–Crippen MR) is 112 cm³/mol. The minimum Gasteiger partial charge on any atom is -0.462 e. The molecule has 3 aromatic rings. The molecule has 1 N–H and O–H groups in total. The van der Waals surface area contributed by atoms with Gasteiger partial charge in [0.15, 0.2) is 0 Å². The zero-order valence-electron chi connectivity index (χ0n) is 15.5.